The molecule has 14 heavy (non-hydrogen) atoms. The Morgan fingerprint density at radius 1 is 1.79 bits per heavy atom. The lowest BCUT2D eigenvalue weighted by Crippen LogP contribution is -2.14. The highest BCUT2D eigenvalue weighted by Gasteiger charge is 2.18. The fourth-order valence-corrected chi connectivity index (χ4v) is 1.83. The van der Waals surface area contributed by atoms with Gasteiger partial charge >= 0.3 is 5.97 Å². The monoisotopic (exact) mass is 214 g/mol. The van der Waals surface area contributed by atoms with E-state index in [4.69, 9.17) is 5.90 Å². The Kier molecular flexibility index (Phi) is 4.21. The molecule has 0 saturated carbocycles. The maximum atomic E-state index is 10.9. The topological polar surface area (TPSA) is 82.3 Å². The molecule has 0 radical (unpaired) electrons. The fraction of sp³-hybridized carbons (Fsp3) is 0.375. The molecule has 1 rings (SSSR count). The van der Waals surface area contributed by atoms with Crippen LogP contribution < -0.4 is 5.90 Å². The van der Waals surface area contributed by atoms with Gasteiger partial charge in [0.2, 0.25) is 0 Å². The van der Waals surface area contributed by atoms with Gasteiger partial charge in [-0.25, -0.2) is 4.98 Å². The van der Waals surface area contributed by atoms with E-state index in [1.165, 1.54) is 11.3 Å². The molecule has 6 heteroatoms. The number of aldehydes is 1. The lowest BCUT2D eigenvalue weighted by molar-refractivity contribution is -0.144. The van der Waals surface area contributed by atoms with Crippen LogP contribution in [-0.4, -0.2) is 17.2 Å². The minimum atomic E-state index is -0.535. The van der Waals surface area contributed by atoms with Crippen LogP contribution >= 0.6 is 11.3 Å². The van der Waals surface area contributed by atoms with Gasteiger partial charge in [-0.15, -0.1) is 11.3 Å². The predicted octanol–water partition coefficient (Wildman–Crippen LogP) is 0.623. The zero-order chi connectivity index (χ0) is 10.4. The minimum Gasteiger partial charge on any atom is -0.373 e. The highest BCUT2D eigenvalue weighted by atomic mass is 32.1. The van der Waals surface area contributed by atoms with Crippen molar-refractivity contribution in [2.75, 3.05) is 0 Å². The third kappa shape index (κ3) is 2.90. The van der Waals surface area contributed by atoms with Crippen LogP contribution in [0.5, 0.6) is 0 Å². The number of thiazole rings is 1. The van der Waals surface area contributed by atoms with Crippen LogP contribution in [0, 0.1) is 0 Å². The summed E-state index contributed by atoms with van der Waals surface area (Å²) in [4.78, 5) is 29.4. The van der Waals surface area contributed by atoms with Crippen molar-refractivity contribution >= 4 is 23.6 Å². The van der Waals surface area contributed by atoms with Crippen LogP contribution in [0.1, 0.15) is 23.8 Å². The highest BCUT2D eigenvalue weighted by Crippen LogP contribution is 2.24. The fourth-order valence-electron chi connectivity index (χ4n) is 1.07. The predicted molar refractivity (Wildman–Crippen MR) is 50.4 cm³/mol. The Labute approximate surface area is 84.8 Å². The molecule has 0 aliphatic rings. The van der Waals surface area contributed by atoms with Gasteiger partial charge in [0.15, 0.2) is 0 Å². The first-order chi connectivity index (χ1) is 6.77. The molecule has 0 amide bonds. The molecule has 1 aromatic rings. The number of nitrogens with zero attached hydrogens (tertiary/aromatic N) is 1. The molecule has 0 fully saturated rings. The Hall–Kier alpha value is -1.27. The van der Waals surface area contributed by atoms with E-state index >= 15 is 0 Å². The molecular formula is C8H10N2O3S. The van der Waals surface area contributed by atoms with Gasteiger partial charge in [0.25, 0.3) is 0 Å². The van der Waals surface area contributed by atoms with Crippen molar-refractivity contribution in [1.29, 1.82) is 0 Å². The van der Waals surface area contributed by atoms with Crippen molar-refractivity contribution in [2.45, 2.75) is 18.8 Å². The zero-order valence-corrected chi connectivity index (χ0v) is 8.20. The largest absolute Gasteiger partial charge is 0.373 e. The first kappa shape index (κ1) is 10.8. The number of nitrogens with two attached hydrogens (primary N) is 1. The highest BCUT2D eigenvalue weighted by molar-refractivity contribution is 7.09. The number of carbonyl (C=O) groups is 2. The van der Waals surface area contributed by atoms with E-state index in [1.807, 2.05) is 0 Å². The van der Waals surface area contributed by atoms with Gasteiger partial charge in [-0.05, 0) is 0 Å². The molecule has 0 aliphatic heterocycles. The van der Waals surface area contributed by atoms with E-state index < -0.39 is 5.97 Å². The van der Waals surface area contributed by atoms with Crippen LogP contribution in [0.2, 0.25) is 0 Å². The van der Waals surface area contributed by atoms with E-state index in [-0.39, 0.29) is 18.8 Å². The number of hydrogen-bond acceptors (Lipinski definition) is 6. The van der Waals surface area contributed by atoms with E-state index in [0.717, 1.165) is 11.3 Å². The van der Waals surface area contributed by atoms with E-state index in [2.05, 4.69) is 9.82 Å². The van der Waals surface area contributed by atoms with E-state index in [9.17, 15) is 9.59 Å². The molecule has 0 bridgehead atoms. The number of rotatable bonds is 5. The molecule has 1 aromatic heterocycles. The smallest absolute Gasteiger partial charge is 0.325 e. The molecule has 2 N–H and O–H groups in total. The summed E-state index contributed by atoms with van der Waals surface area (Å²) in [7, 11) is 0. The Bertz CT molecular complexity index is 300. The lowest BCUT2D eigenvalue weighted by Gasteiger charge is -2.08. The molecule has 0 saturated heterocycles. The second-order valence-electron chi connectivity index (χ2n) is 2.66. The van der Waals surface area contributed by atoms with Gasteiger partial charge in [0, 0.05) is 23.9 Å². The molecule has 1 heterocycles. The summed E-state index contributed by atoms with van der Waals surface area (Å²) >= 11 is 1.40. The summed E-state index contributed by atoms with van der Waals surface area (Å²) in [5, 5.41) is 2.54. The van der Waals surface area contributed by atoms with Crippen molar-refractivity contribution in [3.8, 4) is 0 Å². The molecule has 1 atom stereocenters. The second kappa shape index (κ2) is 5.46. The summed E-state index contributed by atoms with van der Waals surface area (Å²) in [6.07, 6.45) is 2.73. The summed E-state index contributed by atoms with van der Waals surface area (Å²) in [6, 6.07) is 0. The molecule has 0 spiro atoms. The second-order valence-corrected chi connectivity index (χ2v) is 3.59. The van der Waals surface area contributed by atoms with Crippen molar-refractivity contribution in [1.82, 2.24) is 4.98 Å². The molecule has 0 aliphatic carbocycles. The van der Waals surface area contributed by atoms with Crippen molar-refractivity contribution in [3.05, 3.63) is 16.6 Å². The normalized spacial score (nSPS) is 12.1. The van der Waals surface area contributed by atoms with Gasteiger partial charge in [-0.2, -0.15) is 5.90 Å². The average molecular weight is 214 g/mol. The quantitative estimate of drug-likeness (QED) is 0.574. The van der Waals surface area contributed by atoms with Gasteiger partial charge in [0.1, 0.15) is 6.29 Å². The minimum absolute atomic E-state index is 0.0861. The van der Waals surface area contributed by atoms with Crippen LogP contribution in [0.25, 0.3) is 0 Å². The number of carbonyl (C=O) groups excluding carboxylic acids is 2. The summed E-state index contributed by atoms with van der Waals surface area (Å²) in [5.41, 5.74) is 0. The molecule has 1 unspecified atom stereocenters. The third-order valence-corrected chi connectivity index (χ3v) is 2.66. The third-order valence-electron chi connectivity index (χ3n) is 1.73. The first-order valence-electron chi connectivity index (χ1n) is 4.00. The summed E-state index contributed by atoms with van der Waals surface area (Å²) in [5.74, 6) is 3.96. The van der Waals surface area contributed by atoms with Crippen LogP contribution in [0.4, 0.5) is 0 Å². The van der Waals surface area contributed by atoms with Crippen molar-refractivity contribution in [3.63, 3.8) is 0 Å². The van der Waals surface area contributed by atoms with E-state index in [1.54, 1.807) is 11.6 Å². The standard InChI is InChI=1S/C8H10N2O3S/c9-13-7(12)5-6(1-3-11)8-10-2-4-14-8/h2-4,6H,1,5,9H2. The Balaban J connectivity index is 2.64. The van der Waals surface area contributed by atoms with E-state index in [0.29, 0.717) is 0 Å². The number of hydrogen-bond donors (Lipinski definition) is 1. The van der Waals surface area contributed by atoms with Crippen LogP contribution in [-0.2, 0) is 14.4 Å². The number of aromatic nitrogens is 1. The zero-order valence-electron chi connectivity index (χ0n) is 7.38. The lowest BCUT2D eigenvalue weighted by atomic mass is 10.0. The van der Waals surface area contributed by atoms with Gasteiger partial charge in [0.05, 0.1) is 11.4 Å². The van der Waals surface area contributed by atoms with Crippen LogP contribution in [0.15, 0.2) is 11.6 Å². The molecular weight excluding hydrogens is 204 g/mol. The van der Waals surface area contributed by atoms with Gasteiger partial charge < -0.3 is 9.63 Å². The van der Waals surface area contributed by atoms with Crippen molar-refractivity contribution < 1.29 is 14.4 Å². The summed E-state index contributed by atoms with van der Waals surface area (Å²) in [6.45, 7) is 0. The maximum absolute atomic E-state index is 10.9. The molecule has 0 aromatic carbocycles. The SMILES string of the molecule is NOC(=O)CC(CC=O)c1nccs1. The molecule has 76 valence electrons. The van der Waals surface area contributed by atoms with Gasteiger partial charge in [-0.1, -0.05) is 0 Å². The first-order valence-corrected chi connectivity index (χ1v) is 4.88. The Morgan fingerprint density at radius 2 is 2.57 bits per heavy atom. The molecule has 5 nitrogen and oxygen atoms in total. The van der Waals surface area contributed by atoms with Crippen molar-refractivity contribution in [2.24, 2.45) is 5.90 Å². The summed E-state index contributed by atoms with van der Waals surface area (Å²) < 4.78 is 0. The van der Waals surface area contributed by atoms with Gasteiger partial charge in [-0.3, -0.25) is 4.79 Å². The average Bonchev–Trinajstić information content (AvgIpc) is 2.69. The Morgan fingerprint density at radius 3 is 3.07 bits per heavy atom. The van der Waals surface area contributed by atoms with Crippen LogP contribution in [0.3, 0.4) is 0 Å². The maximum Gasteiger partial charge on any atom is 0.325 e.